The van der Waals surface area contributed by atoms with E-state index in [2.05, 4.69) is 9.82 Å². The van der Waals surface area contributed by atoms with Gasteiger partial charge in [-0.25, -0.2) is 9.82 Å². The lowest BCUT2D eigenvalue weighted by Crippen LogP contribution is -2.21. The van der Waals surface area contributed by atoms with Gasteiger partial charge in [0.1, 0.15) is 0 Å². The summed E-state index contributed by atoms with van der Waals surface area (Å²) in [5.74, 6) is 0. The molecular formula is C24H17F3N4O2S. The Kier molecular flexibility index (Phi) is 5.07. The van der Waals surface area contributed by atoms with Crippen LogP contribution < -0.4 is 9.86 Å². The number of nitrogens with one attached hydrogen (secondary N) is 1. The largest absolute Gasteiger partial charge is 0.435 e. The zero-order valence-corrected chi connectivity index (χ0v) is 18.2. The Morgan fingerprint density at radius 2 is 1.53 bits per heavy atom. The lowest BCUT2D eigenvalue weighted by molar-refractivity contribution is -0.141. The Morgan fingerprint density at radius 3 is 2.24 bits per heavy atom. The van der Waals surface area contributed by atoms with E-state index in [0.29, 0.717) is 11.3 Å². The molecule has 0 aliphatic rings. The molecule has 0 spiro atoms. The topological polar surface area (TPSA) is 90.0 Å². The molecule has 172 valence electrons. The van der Waals surface area contributed by atoms with Gasteiger partial charge in [0.05, 0.1) is 11.4 Å². The van der Waals surface area contributed by atoms with Crippen molar-refractivity contribution >= 4 is 37.4 Å². The van der Waals surface area contributed by atoms with E-state index in [1.165, 1.54) is 28.9 Å². The molecule has 0 saturated carbocycles. The van der Waals surface area contributed by atoms with Crippen LogP contribution in [0.2, 0.25) is 0 Å². The van der Waals surface area contributed by atoms with Gasteiger partial charge in [0.15, 0.2) is 5.69 Å². The van der Waals surface area contributed by atoms with Crippen LogP contribution in [0.1, 0.15) is 5.69 Å². The number of aromatic nitrogens is 2. The second-order valence-electron chi connectivity index (χ2n) is 7.71. The number of benzene rings is 4. The first-order valence-electron chi connectivity index (χ1n) is 10.1. The molecule has 4 aromatic carbocycles. The lowest BCUT2D eigenvalue weighted by Gasteiger charge is -2.12. The van der Waals surface area contributed by atoms with Crippen LogP contribution in [0.5, 0.6) is 0 Å². The van der Waals surface area contributed by atoms with E-state index < -0.39 is 22.1 Å². The highest BCUT2D eigenvalue weighted by Gasteiger charge is 2.35. The third kappa shape index (κ3) is 4.09. The number of nitrogens with zero attached hydrogens (tertiary/aromatic N) is 2. The number of halogens is 3. The van der Waals surface area contributed by atoms with Crippen molar-refractivity contribution in [3.8, 4) is 16.9 Å². The van der Waals surface area contributed by atoms with Crippen LogP contribution in [-0.2, 0) is 16.4 Å². The van der Waals surface area contributed by atoms with E-state index in [4.69, 9.17) is 5.14 Å². The van der Waals surface area contributed by atoms with Crippen molar-refractivity contribution in [3.63, 3.8) is 0 Å². The molecule has 1 heterocycles. The van der Waals surface area contributed by atoms with E-state index >= 15 is 0 Å². The van der Waals surface area contributed by atoms with Crippen molar-refractivity contribution < 1.29 is 21.6 Å². The minimum Gasteiger partial charge on any atom is -0.271 e. The maximum Gasteiger partial charge on any atom is 0.435 e. The molecule has 0 fully saturated rings. The summed E-state index contributed by atoms with van der Waals surface area (Å²) in [5.41, 5.74) is 0.293. The summed E-state index contributed by atoms with van der Waals surface area (Å²) in [5, 5.41) is 12.5. The summed E-state index contributed by atoms with van der Waals surface area (Å²) < 4.78 is 66.7. The fraction of sp³-hybridized carbons (Fsp3) is 0.0417. The first kappa shape index (κ1) is 21.9. The van der Waals surface area contributed by atoms with Gasteiger partial charge in [-0.15, -0.1) is 0 Å². The molecule has 5 rings (SSSR count). The van der Waals surface area contributed by atoms with Crippen LogP contribution in [-0.4, -0.2) is 18.2 Å². The van der Waals surface area contributed by atoms with Gasteiger partial charge in [-0.2, -0.15) is 26.7 Å². The quantitative estimate of drug-likeness (QED) is 0.333. The zero-order valence-electron chi connectivity index (χ0n) is 17.4. The van der Waals surface area contributed by atoms with Gasteiger partial charge < -0.3 is 0 Å². The summed E-state index contributed by atoms with van der Waals surface area (Å²) in [6, 6.07) is 23.8. The van der Waals surface area contributed by atoms with Gasteiger partial charge >= 0.3 is 6.18 Å². The Bertz CT molecular complexity index is 1640. The van der Waals surface area contributed by atoms with Crippen LogP contribution >= 0.6 is 0 Å². The third-order valence-corrected chi connectivity index (χ3v) is 5.95. The van der Waals surface area contributed by atoms with Gasteiger partial charge in [-0.3, -0.25) is 4.72 Å². The average molecular weight is 482 g/mol. The van der Waals surface area contributed by atoms with Crippen molar-refractivity contribution in [3.05, 3.63) is 90.6 Å². The van der Waals surface area contributed by atoms with Crippen LogP contribution in [0, 0.1) is 0 Å². The number of rotatable bonds is 4. The number of hydrogen-bond acceptors (Lipinski definition) is 3. The number of alkyl halides is 3. The average Bonchev–Trinajstić information content (AvgIpc) is 3.24. The van der Waals surface area contributed by atoms with E-state index in [0.717, 1.165) is 27.6 Å². The monoisotopic (exact) mass is 482 g/mol. The van der Waals surface area contributed by atoms with Crippen LogP contribution in [0.25, 0.3) is 38.5 Å². The highest BCUT2D eigenvalue weighted by atomic mass is 32.2. The fourth-order valence-corrected chi connectivity index (χ4v) is 4.47. The summed E-state index contributed by atoms with van der Waals surface area (Å²) in [6.45, 7) is 0. The van der Waals surface area contributed by atoms with Crippen molar-refractivity contribution in [2.24, 2.45) is 5.14 Å². The number of fused-ring (bicyclic) bond motifs is 3. The minimum atomic E-state index is -4.65. The number of hydrogen-bond donors (Lipinski definition) is 2. The molecular weight excluding hydrogens is 465 g/mol. The van der Waals surface area contributed by atoms with E-state index in [9.17, 15) is 21.6 Å². The molecule has 0 unspecified atom stereocenters. The highest BCUT2D eigenvalue weighted by molar-refractivity contribution is 7.90. The predicted molar refractivity (Wildman–Crippen MR) is 126 cm³/mol. The summed E-state index contributed by atoms with van der Waals surface area (Å²) in [7, 11) is -3.98. The maximum atomic E-state index is 13.6. The SMILES string of the molecule is NS(=O)(=O)Nc1ccc(-n2nc(C(F)(F)F)cc2-c2cccc3c2ccc2ccccc23)cc1. The van der Waals surface area contributed by atoms with Gasteiger partial charge in [-0.1, -0.05) is 54.6 Å². The van der Waals surface area contributed by atoms with Crippen molar-refractivity contribution in [1.29, 1.82) is 0 Å². The molecule has 0 saturated heterocycles. The molecule has 0 atom stereocenters. The van der Waals surface area contributed by atoms with Gasteiger partial charge in [0.2, 0.25) is 0 Å². The smallest absolute Gasteiger partial charge is 0.271 e. The Hall–Kier alpha value is -3.89. The van der Waals surface area contributed by atoms with Gasteiger partial charge in [-0.05, 0) is 51.9 Å². The Morgan fingerprint density at radius 1 is 0.824 bits per heavy atom. The van der Waals surface area contributed by atoms with E-state index in [1.54, 1.807) is 12.1 Å². The normalized spacial score (nSPS) is 12.4. The second-order valence-corrected chi connectivity index (χ2v) is 9.00. The summed E-state index contributed by atoms with van der Waals surface area (Å²) in [6.07, 6.45) is -4.65. The first-order chi connectivity index (χ1) is 16.1. The van der Waals surface area contributed by atoms with Gasteiger partial charge in [0.25, 0.3) is 10.2 Å². The fourth-order valence-electron chi connectivity index (χ4n) is 4.01. The molecule has 10 heteroatoms. The predicted octanol–water partition coefficient (Wildman–Crippen LogP) is 5.48. The Balaban J connectivity index is 1.72. The second kappa shape index (κ2) is 7.86. The standard InChI is InChI=1S/C24H17F3N4O2S/c25-24(26,27)23-14-22(31(29-23)17-11-9-16(10-12-17)30-34(28,32)33)21-7-3-6-19-18-5-2-1-4-15(18)8-13-20(19)21/h1-14,30H,(H2,28,32,33). The van der Waals surface area contributed by atoms with Crippen molar-refractivity contribution in [2.45, 2.75) is 6.18 Å². The molecule has 5 aromatic rings. The molecule has 0 aliphatic carbocycles. The molecule has 1 aromatic heterocycles. The molecule has 0 aliphatic heterocycles. The van der Waals surface area contributed by atoms with Gasteiger partial charge in [0, 0.05) is 11.3 Å². The number of anilines is 1. The lowest BCUT2D eigenvalue weighted by atomic mass is 9.97. The molecule has 0 radical (unpaired) electrons. The van der Waals surface area contributed by atoms with Crippen LogP contribution in [0.15, 0.2) is 84.9 Å². The van der Waals surface area contributed by atoms with Crippen molar-refractivity contribution in [1.82, 2.24) is 9.78 Å². The maximum absolute atomic E-state index is 13.6. The van der Waals surface area contributed by atoms with E-state index in [1.807, 2.05) is 42.5 Å². The Labute approximate surface area is 192 Å². The number of nitrogens with two attached hydrogens (primary N) is 1. The first-order valence-corrected chi connectivity index (χ1v) is 11.6. The summed E-state index contributed by atoms with van der Waals surface area (Å²) >= 11 is 0. The molecule has 6 nitrogen and oxygen atoms in total. The summed E-state index contributed by atoms with van der Waals surface area (Å²) in [4.78, 5) is 0. The van der Waals surface area contributed by atoms with E-state index in [-0.39, 0.29) is 11.4 Å². The van der Waals surface area contributed by atoms with Crippen LogP contribution in [0.4, 0.5) is 18.9 Å². The molecule has 3 N–H and O–H groups in total. The molecule has 34 heavy (non-hydrogen) atoms. The molecule has 0 bridgehead atoms. The molecule has 0 amide bonds. The zero-order chi connectivity index (χ0) is 24.1. The van der Waals surface area contributed by atoms with Crippen LogP contribution in [0.3, 0.4) is 0 Å². The minimum absolute atomic E-state index is 0.174. The third-order valence-electron chi connectivity index (χ3n) is 5.43. The van der Waals surface area contributed by atoms with Crippen molar-refractivity contribution in [2.75, 3.05) is 4.72 Å². The highest BCUT2D eigenvalue weighted by Crippen LogP contribution is 2.37.